The lowest BCUT2D eigenvalue weighted by molar-refractivity contribution is -0.152. The van der Waals surface area contributed by atoms with Gasteiger partial charge in [0.25, 0.3) is 0 Å². The van der Waals surface area contributed by atoms with E-state index in [1.165, 1.54) is 11.3 Å². The van der Waals surface area contributed by atoms with Gasteiger partial charge in [-0.15, -0.1) is 11.3 Å². The zero-order valence-electron chi connectivity index (χ0n) is 13.6. The van der Waals surface area contributed by atoms with Gasteiger partial charge in [0, 0.05) is 4.88 Å². The molecule has 0 fully saturated rings. The molecule has 0 radical (unpaired) electrons. The molecule has 0 saturated carbocycles. The Bertz CT molecular complexity index is 622. The van der Waals surface area contributed by atoms with Crippen molar-refractivity contribution in [1.82, 2.24) is 0 Å². The van der Waals surface area contributed by atoms with Crippen LogP contribution in [0.5, 0.6) is 0 Å². The maximum absolute atomic E-state index is 12.3. The minimum absolute atomic E-state index is 0.120. The van der Waals surface area contributed by atoms with E-state index < -0.39 is 17.8 Å². The average molecular weight is 339 g/mol. The number of ether oxygens (including phenoxy) is 2. The average Bonchev–Trinajstić information content (AvgIpc) is 2.84. The van der Waals surface area contributed by atoms with E-state index in [4.69, 9.17) is 4.74 Å². The lowest BCUT2D eigenvalue weighted by Crippen LogP contribution is -2.25. The van der Waals surface area contributed by atoms with E-state index in [0.29, 0.717) is 16.5 Å². The van der Waals surface area contributed by atoms with E-state index in [1.54, 1.807) is 13.8 Å². The van der Waals surface area contributed by atoms with Crippen LogP contribution in [-0.4, -0.2) is 31.1 Å². The molecule has 1 aromatic heterocycles. The molecule has 0 aromatic carbocycles. The standard InChI is InChI=1S/C16H21NO5S/c1-4-21-15(19)12-10-7-6-9(3)8-11(10)23-14(12)17-13(18)16(20)22-5-2/h9H,4-8H2,1-3H3,(H,17,18)/t9-/m1/s1. The first-order valence-electron chi connectivity index (χ1n) is 7.77. The van der Waals surface area contributed by atoms with Crippen molar-refractivity contribution in [3.8, 4) is 0 Å². The summed E-state index contributed by atoms with van der Waals surface area (Å²) in [6, 6.07) is 0. The lowest BCUT2D eigenvalue weighted by Gasteiger charge is -2.18. The number of fused-ring (bicyclic) bond motifs is 1. The summed E-state index contributed by atoms with van der Waals surface area (Å²) in [6.07, 6.45) is 2.62. The molecule has 1 N–H and O–H groups in total. The van der Waals surface area contributed by atoms with Crippen molar-refractivity contribution in [2.24, 2.45) is 5.92 Å². The van der Waals surface area contributed by atoms with Crippen LogP contribution in [0.2, 0.25) is 0 Å². The number of amides is 1. The second kappa shape index (κ2) is 7.59. The minimum atomic E-state index is -0.956. The van der Waals surface area contributed by atoms with Gasteiger partial charge in [0.1, 0.15) is 5.00 Å². The Morgan fingerprint density at radius 3 is 2.57 bits per heavy atom. The van der Waals surface area contributed by atoms with Gasteiger partial charge in [0.05, 0.1) is 18.8 Å². The second-order valence-corrected chi connectivity index (χ2v) is 6.56. The van der Waals surface area contributed by atoms with Crippen molar-refractivity contribution in [1.29, 1.82) is 0 Å². The number of esters is 2. The first-order chi connectivity index (χ1) is 11.0. The molecular formula is C16H21NO5S. The normalized spacial score (nSPS) is 16.4. The molecule has 0 saturated heterocycles. The van der Waals surface area contributed by atoms with E-state index in [2.05, 4.69) is 17.0 Å². The van der Waals surface area contributed by atoms with Crippen LogP contribution in [0.3, 0.4) is 0 Å². The van der Waals surface area contributed by atoms with Gasteiger partial charge in [-0.05, 0) is 44.6 Å². The highest BCUT2D eigenvalue weighted by Crippen LogP contribution is 2.40. The lowest BCUT2D eigenvalue weighted by atomic mass is 9.88. The zero-order chi connectivity index (χ0) is 17.0. The number of carbonyl (C=O) groups excluding carboxylic acids is 3. The van der Waals surface area contributed by atoms with Crippen LogP contribution in [0, 0.1) is 5.92 Å². The summed E-state index contributed by atoms with van der Waals surface area (Å²) in [6.45, 7) is 5.89. The van der Waals surface area contributed by atoms with Crippen molar-refractivity contribution < 1.29 is 23.9 Å². The van der Waals surface area contributed by atoms with Crippen LogP contribution in [0.1, 0.15) is 48.0 Å². The van der Waals surface area contributed by atoms with E-state index in [-0.39, 0.29) is 13.2 Å². The summed E-state index contributed by atoms with van der Waals surface area (Å²) in [7, 11) is 0. The fourth-order valence-corrected chi connectivity index (χ4v) is 4.00. The first kappa shape index (κ1) is 17.5. The van der Waals surface area contributed by atoms with E-state index >= 15 is 0 Å². The second-order valence-electron chi connectivity index (χ2n) is 5.45. The first-order valence-corrected chi connectivity index (χ1v) is 8.59. The molecule has 1 atom stereocenters. The monoisotopic (exact) mass is 339 g/mol. The van der Waals surface area contributed by atoms with E-state index in [0.717, 1.165) is 29.7 Å². The van der Waals surface area contributed by atoms with Crippen molar-refractivity contribution >= 4 is 34.2 Å². The maximum atomic E-state index is 12.3. The smallest absolute Gasteiger partial charge is 0.397 e. The van der Waals surface area contributed by atoms with Gasteiger partial charge in [-0.25, -0.2) is 9.59 Å². The van der Waals surface area contributed by atoms with Gasteiger partial charge in [-0.2, -0.15) is 0 Å². The van der Waals surface area contributed by atoms with Gasteiger partial charge in [-0.3, -0.25) is 4.79 Å². The Labute approximate surface area is 139 Å². The Morgan fingerprint density at radius 1 is 1.22 bits per heavy atom. The molecule has 1 amide bonds. The molecule has 2 rings (SSSR count). The molecule has 6 nitrogen and oxygen atoms in total. The predicted molar refractivity (Wildman–Crippen MR) is 86.7 cm³/mol. The molecule has 0 aliphatic heterocycles. The van der Waals surface area contributed by atoms with Crippen molar-refractivity contribution in [2.45, 2.75) is 40.0 Å². The summed E-state index contributed by atoms with van der Waals surface area (Å²) in [5, 5.41) is 2.89. The van der Waals surface area contributed by atoms with Crippen molar-refractivity contribution in [3.63, 3.8) is 0 Å². The number of thiophene rings is 1. The molecule has 1 aromatic rings. The fourth-order valence-electron chi connectivity index (χ4n) is 2.61. The van der Waals surface area contributed by atoms with E-state index in [1.807, 2.05) is 0 Å². The summed E-state index contributed by atoms with van der Waals surface area (Å²) < 4.78 is 9.79. The van der Waals surface area contributed by atoms with E-state index in [9.17, 15) is 14.4 Å². The third-order valence-electron chi connectivity index (χ3n) is 3.68. The van der Waals surface area contributed by atoms with Gasteiger partial charge >= 0.3 is 17.8 Å². The Balaban J connectivity index is 2.32. The van der Waals surface area contributed by atoms with Crippen molar-refractivity contribution in [3.05, 3.63) is 16.0 Å². The molecule has 1 aliphatic carbocycles. The molecular weight excluding hydrogens is 318 g/mol. The quantitative estimate of drug-likeness (QED) is 0.673. The van der Waals surface area contributed by atoms with Gasteiger partial charge in [-0.1, -0.05) is 6.92 Å². The third kappa shape index (κ3) is 3.90. The maximum Gasteiger partial charge on any atom is 0.397 e. The van der Waals surface area contributed by atoms with Gasteiger partial charge in [0.2, 0.25) is 0 Å². The van der Waals surface area contributed by atoms with Crippen LogP contribution in [-0.2, 0) is 31.9 Å². The Morgan fingerprint density at radius 2 is 1.91 bits per heavy atom. The molecule has 0 spiro atoms. The predicted octanol–water partition coefficient (Wildman–Crippen LogP) is 2.55. The SMILES string of the molecule is CCOC(=O)C(=O)Nc1sc2c(c1C(=O)OCC)CC[C@@H](C)C2. The third-order valence-corrected chi connectivity index (χ3v) is 4.85. The molecule has 0 bridgehead atoms. The Kier molecular flexibility index (Phi) is 5.76. The van der Waals surface area contributed by atoms with Crippen LogP contribution in [0.4, 0.5) is 5.00 Å². The highest BCUT2D eigenvalue weighted by Gasteiger charge is 2.30. The molecule has 7 heteroatoms. The zero-order valence-corrected chi connectivity index (χ0v) is 14.4. The molecule has 1 heterocycles. The topological polar surface area (TPSA) is 81.7 Å². The highest BCUT2D eigenvalue weighted by molar-refractivity contribution is 7.17. The fraction of sp³-hybridized carbons (Fsp3) is 0.562. The number of hydrogen-bond donors (Lipinski definition) is 1. The van der Waals surface area contributed by atoms with Crippen LogP contribution >= 0.6 is 11.3 Å². The summed E-state index contributed by atoms with van der Waals surface area (Å²) in [4.78, 5) is 36.7. The molecule has 126 valence electrons. The summed E-state index contributed by atoms with van der Waals surface area (Å²) in [5.41, 5.74) is 1.32. The Hall–Kier alpha value is -1.89. The number of carbonyl (C=O) groups is 3. The largest absolute Gasteiger partial charge is 0.462 e. The van der Waals surface area contributed by atoms with Gasteiger partial charge in [0.15, 0.2) is 0 Å². The minimum Gasteiger partial charge on any atom is -0.462 e. The molecule has 23 heavy (non-hydrogen) atoms. The number of nitrogens with one attached hydrogen (secondary N) is 1. The number of rotatable bonds is 4. The van der Waals surface area contributed by atoms with Gasteiger partial charge < -0.3 is 14.8 Å². The molecule has 0 unspecified atom stereocenters. The summed E-state index contributed by atoms with van der Waals surface area (Å²) >= 11 is 1.34. The highest BCUT2D eigenvalue weighted by atomic mass is 32.1. The van der Waals surface area contributed by atoms with Crippen LogP contribution in [0.15, 0.2) is 0 Å². The number of hydrogen-bond acceptors (Lipinski definition) is 6. The van der Waals surface area contributed by atoms with Crippen LogP contribution < -0.4 is 5.32 Å². The molecule has 1 aliphatic rings. The number of anilines is 1. The summed E-state index contributed by atoms with van der Waals surface area (Å²) in [5.74, 6) is -1.75. The van der Waals surface area contributed by atoms with Crippen LogP contribution in [0.25, 0.3) is 0 Å². The van der Waals surface area contributed by atoms with Crippen molar-refractivity contribution in [2.75, 3.05) is 18.5 Å².